The quantitative estimate of drug-likeness (QED) is 0.470. The number of aliphatic hydroxyl groups excluding tert-OH is 2. The van der Waals surface area contributed by atoms with Crippen molar-refractivity contribution in [1.82, 2.24) is 0 Å². The molecule has 0 radical (unpaired) electrons. The number of allylic oxidation sites excluding steroid dienone is 1. The molecular formula is C28H48O2. The summed E-state index contributed by atoms with van der Waals surface area (Å²) in [6, 6.07) is 0. The Morgan fingerprint density at radius 2 is 1.80 bits per heavy atom. The lowest BCUT2D eigenvalue weighted by atomic mass is 9.43. The molecule has 30 heavy (non-hydrogen) atoms. The number of hydrogen-bond acceptors (Lipinski definition) is 2. The average Bonchev–Trinajstić information content (AvgIpc) is 3.01. The minimum absolute atomic E-state index is 0.0108. The highest BCUT2D eigenvalue weighted by Crippen LogP contribution is 2.72. The minimum Gasteiger partial charge on any atom is -0.395 e. The van der Waals surface area contributed by atoms with Crippen LogP contribution in [-0.2, 0) is 0 Å². The molecule has 0 heterocycles. The molecule has 0 amide bonds. The van der Waals surface area contributed by atoms with Gasteiger partial charge in [0.2, 0.25) is 0 Å². The Bertz CT molecular complexity index is 653. The second-order valence-electron chi connectivity index (χ2n) is 12.7. The van der Waals surface area contributed by atoms with Gasteiger partial charge in [-0.2, -0.15) is 0 Å². The summed E-state index contributed by atoms with van der Waals surface area (Å²) in [7, 11) is 0. The van der Waals surface area contributed by atoms with Gasteiger partial charge >= 0.3 is 0 Å². The molecule has 0 spiro atoms. The predicted molar refractivity (Wildman–Crippen MR) is 125 cm³/mol. The van der Waals surface area contributed by atoms with E-state index in [9.17, 15) is 10.2 Å². The molecule has 0 aromatic carbocycles. The summed E-state index contributed by atoms with van der Waals surface area (Å²) in [5.74, 6) is 3.56. The van der Waals surface area contributed by atoms with Crippen LogP contribution < -0.4 is 0 Å². The number of rotatable bonds is 6. The van der Waals surface area contributed by atoms with E-state index in [4.69, 9.17) is 0 Å². The summed E-state index contributed by atoms with van der Waals surface area (Å²) in [6.07, 6.45) is 15.8. The van der Waals surface area contributed by atoms with E-state index < -0.39 is 0 Å². The maximum absolute atomic E-state index is 10.9. The number of fused-ring (bicyclic) bond motifs is 5. The second-order valence-corrected chi connectivity index (χ2v) is 12.7. The van der Waals surface area contributed by atoms with Crippen LogP contribution in [-0.4, -0.2) is 22.9 Å². The zero-order valence-corrected chi connectivity index (χ0v) is 20.4. The summed E-state index contributed by atoms with van der Waals surface area (Å²) >= 11 is 0. The molecule has 8 atom stereocenters. The van der Waals surface area contributed by atoms with Crippen molar-refractivity contribution in [3.63, 3.8) is 0 Å². The third-order valence-corrected chi connectivity index (χ3v) is 11.0. The van der Waals surface area contributed by atoms with Crippen LogP contribution in [0, 0.1) is 45.8 Å². The van der Waals surface area contributed by atoms with E-state index in [1.165, 1.54) is 44.9 Å². The zero-order chi connectivity index (χ0) is 21.7. The summed E-state index contributed by atoms with van der Waals surface area (Å²) in [6.45, 7) is 12.6. The van der Waals surface area contributed by atoms with Gasteiger partial charge in [0.15, 0.2) is 0 Å². The Labute approximate surface area is 185 Å². The average molecular weight is 417 g/mol. The molecule has 172 valence electrons. The molecule has 4 aliphatic carbocycles. The Balaban J connectivity index is 1.60. The monoisotopic (exact) mass is 416 g/mol. The van der Waals surface area contributed by atoms with Crippen molar-refractivity contribution in [1.29, 1.82) is 0 Å². The summed E-state index contributed by atoms with van der Waals surface area (Å²) in [5.41, 5.74) is 2.23. The predicted octanol–water partition coefficient (Wildman–Crippen LogP) is 6.75. The molecule has 2 N–H and O–H groups in total. The molecule has 4 rings (SSSR count). The third kappa shape index (κ3) is 3.35. The van der Waals surface area contributed by atoms with Gasteiger partial charge in [0.05, 0.1) is 12.7 Å². The van der Waals surface area contributed by atoms with Crippen LogP contribution in [0.1, 0.15) is 105 Å². The van der Waals surface area contributed by atoms with E-state index in [1.807, 2.05) is 0 Å². The maximum Gasteiger partial charge on any atom is 0.0543 e. The first-order valence-electron chi connectivity index (χ1n) is 13.2. The van der Waals surface area contributed by atoms with E-state index in [0.717, 1.165) is 43.4 Å². The first-order chi connectivity index (χ1) is 14.2. The fourth-order valence-corrected chi connectivity index (χ4v) is 9.02. The molecule has 1 unspecified atom stereocenters. The Hall–Kier alpha value is -0.340. The molecule has 0 saturated heterocycles. The molecule has 0 aromatic heterocycles. The van der Waals surface area contributed by atoms with Crippen LogP contribution in [0.3, 0.4) is 0 Å². The molecule has 2 heteroatoms. The molecule has 0 aromatic rings. The molecule has 4 aliphatic rings. The van der Waals surface area contributed by atoms with E-state index >= 15 is 0 Å². The normalized spacial score (nSPS) is 46.7. The minimum atomic E-state index is -0.0961. The van der Waals surface area contributed by atoms with Crippen molar-refractivity contribution in [3.05, 3.63) is 11.6 Å². The Morgan fingerprint density at radius 3 is 2.50 bits per heavy atom. The molecule has 0 bridgehead atoms. The van der Waals surface area contributed by atoms with Crippen LogP contribution in [0.15, 0.2) is 11.6 Å². The van der Waals surface area contributed by atoms with Crippen LogP contribution >= 0.6 is 0 Å². The standard InChI is InChI=1S/C28H48O2/c1-19(2)7-6-8-20(3)23-13-16-28(18-29)25-10-9-21-17-22(30)11-14-26(21,4)24(25)12-15-27(23,28)5/h10,19-24,29-30H,6-9,11-18H2,1-5H3/t20-,21+,22+,23-,24+,26+,27-,28?/m1/s1. The fraction of sp³-hybridized carbons (Fsp3) is 0.929. The lowest BCUT2D eigenvalue weighted by Crippen LogP contribution is -2.55. The Morgan fingerprint density at radius 1 is 1.03 bits per heavy atom. The Kier molecular flexibility index (Phi) is 6.26. The van der Waals surface area contributed by atoms with Crippen LogP contribution in [0.2, 0.25) is 0 Å². The van der Waals surface area contributed by atoms with E-state index in [-0.39, 0.29) is 16.9 Å². The molecule has 0 aliphatic heterocycles. The van der Waals surface area contributed by atoms with Crippen molar-refractivity contribution >= 4 is 0 Å². The van der Waals surface area contributed by atoms with Gasteiger partial charge in [-0.15, -0.1) is 0 Å². The van der Waals surface area contributed by atoms with Crippen molar-refractivity contribution < 1.29 is 10.2 Å². The summed E-state index contributed by atoms with van der Waals surface area (Å²) in [4.78, 5) is 0. The lowest BCUT2D eigenvalue weighted by molar-refractivity contribution is -0.0820. The van der Waals surface area contributed by atoms with E-state index in [2.05, 4.69) is 40.7 Å². The van der Waals surface area contributed by atoms with Gasteiger partial charge in [0, 0.05) is 5.41 Å². The van der Waals surface area contributed by atoms with Crippen LogP contribution in [0.25, 0.3) is 0 Å². The van der Waals surface area contributed by atoms with Crippen LogP contribution in [0.4, 0.5) is 0 Å². The largest absolute Gasteiger partial charge is 0.395 e. The first-order valence-corrected chi connectivity index (χ1v) is 13.2. The zero-order valence-electron chi connectivity index (χ0n) is 20.4. The van der Waals surface area contributed by atoms with Crippen LogP contribution in [0.5, 0.6) is 0 Å². The van der Waals surface area contributed by atoms with E-state index in [0.29, 0.717) is 23.9 Å². The summed E-state index contributed by atoms with van der Waals surface area (Å²) in [5, 5.41) is 21.2. The topological polar surface area (TPSA) is 40.5 Å². The van der Waals surface area contributed by atoms with Gasteiger partial charge in [-0.25, -0.2) is 0 Å². The van der Waals surface area contributed by atoms with Gasteiger partial charge in [0.1, 0.15) is 0 Å². The van der Waals surface area contributed by atoms with Gasteiger partial charge in [-0.1, -0.05) is 65.5 Å². The lowest BCUT2D eigenvalue weighted by Gasteiger charge is -2.62. The van der Waals surface area contributed by atoms with Crippen molar-refractivity contribution in [3.8, 4) is 0 Å². The first kappa shape index (κ1) is 22.8. The van der Waals surface area contributed by atoms with Crippen molar-refractivity contribution in [2.75, 3.05) is 6.61 Å². The number of aliphatic hydroxyl groups is 2. The highest BCUT2D eigenvalue weighted by Gasteiger charge is 2.65. The molecule has 2 nitrogen and oxygen atoms in total. The number of hydrogen-bond donors (Lipinski definition) is 2. The highest BCUT2D eigenvalue weighted by atomic mass is 16.3. The smallest absolute Gasteiger partial charge is 0.0543 e. The molecule has 3 fully saturated rings. The third-order valence-electron chi connectivity index (χ3n) is 11.0. The highest BCUT2D eigenvalue weighted by molar-refractivity contribution is 5.33. The van der Waals surface area contributed by atoms with Gasteiger partial charge in [-0.3, -0.25) is 0 Å². The van der Waals surface area contributed by atoms with Crippen molar-refractivity contribution in [2.45, 2.75) is 111 Å². The summed E-state index contributed by atoms with van der Waals surface area (Å²) < 4.78 is 0. The molecular weight excluding hydrogens is 368 g/mol. The maximum atomic E-state index is 10.9. The SMILES string of the molecule is CC(C)CCC[C@@H](C)[C@H]1CCC2(CO)C3=CC[C@H]4C[C@@H](O)CC[C@]4(C)[C@H]3CC[C@]12C. The second kappa shape index (κ2) is 8.22. The molecule has 3 saturated carbocycles. The fourth-order valence-electron chi connectivity index (χ4n) is 9.02. The van der Waals surface area contributed by atoms with Gasteiger partial charge in [0.25, 0.3) is 0 Å². The van der Waals surface area contributed by atoms with Gasteiger partial charge < -0.3 is 10.2 Å². The van der Waals surface area contributed by atoms with Gasteiger partial charge in [-0.05, 0) is 91.8 Å². The van der Waals surface area contributed by atoms with E-state index in [1.54, 1.807) is 5.57 Å². The van der Waals surface area contributed by atoms with Crippen molar-refractivity contribution in [2.24, 2.45) is 45.8 Å².